The van der Waals surface area contributed by atoms with E-state index < -0.39 is 0 Å². The molecule has 3 nitrogen and oxygen atoms in total. The molecule has 0 heterocycles. The SMILES string of the molecule is CN(Cc1ccccc1Br)C(=O)CC(N)c1ccccc1. The molecule has 0 bridgehead atoms. The summed E-state index contributed by atoms with van der Waals surface area (Å²) >= 11 is 3.50. The maximum Gasteiger partial charge on any atom is 0.224 e. The third-order valence-electron chi connectivity index (χ3n) is 3.41. The molecule has 2 N–H and O–H groups in total. The summed E-state index contributed by atoms with van der Waals surface area (Å²) in [5, 5.41) is 0. The van der Waals surface area contributed by atoms with Crippen LogP contribution >= 0.6 is 15.9 Å². The molecule has 0 radical (unpaired) electrons. The first kappa shape index (κ1) is 15.7. The van der Waals surface area contributed by atoms with E-state index in [4.69, 9.17) is 5.73 Å². The van der Waals surface area contributed by atoms with Gasteiger partial charge in [0.05, 0.1) is 0 Å². The summed E-state index contributed by atoms with van der Waals surface area (Å²) in [4.78, 5) is 14.0. The molecule has 0 saturated carbocycles. The zero-order chi connectivity index (χ0) is 15.2. The minimum absolute atomic E-state index is 0.0436. The van der Waals surface area contributed by atoms with Crippen LogP contribution in [0.4, 0.5) is 0 Å². The Bertz CT molecular complexity index is 601. The highest BCUT2D eigenvalue weighted by Gasteiger charge is 2.15. The Morgan fingerprint density at radius 3 is 2.43 bits per heavy atom. The molecule has 0 fully saturated rings. The van der Waals surface area contributed by atoms with Crippen molar-refractivity contribution in [1.29, 1.82) is 0 Å². The van der Waals surface area contributed by atoms with Gasteiger partial charge in [0, 0.05) is 30.5 Å². The number of nitrogens with two attached hydrogens (primary N) is 1. The van der Waals surface area contributed by atoms with Gasteiger partial charge in [0.15, 0.2) is 0 Å². The maximum atomic E-state index is 12.3. The van der Waals surface area contributed by atoms with Crippen molar-refractivity contribution in [3.8, 4) is 0 Å². The normalized spacial score (nSPS) is 12.0. The number of hydrogen-bond donors (Lipinski definition) is 1. The van der Waals surface area contributed by atoms with Crippen LogP contribution in [0.3, 0.4) is 0 Å². The summed E-state index contributed by atoms with van der Waals surface area (Å²) in [7, 11) is 1.81. The lowest BCUT2D eigenvalue weighted by Crippen LogP contribution is -2.29. The number of carbonyl (C=O) groups excluding carboxylic acids is 1. The monoisotopic (exact) mass is 346 g/mol. The maximum absolute atomic E-state index is 12.3. The molecule has 0 aliphatic carbocycles. The number of nitrogens with zero attached hydrogens (tertiary/aromatic N) is 1. The first-order valence-electron chi connectivity index (χ1n) is 6.86. The van der Waals surface area contributed by atoms with E-state index in [9.17, 15) is 4.79 Å². The second-order valence-electron chi connectivity index (χ2n) is 5.06. The van der Waals surface area contributed by atoms with Crippen LogP contribution < -0.4 is 5.73 Å². The van der Waals surface area contributed by atoms with Gasteiger partial charge < -0.3 is 10.6 Å². The lowest BCUT2D eigenvalue weighted by atomic mass is 10.0. The summed E-state index contributed by atoms with van der Waals surface area (Å²) in [6.07, 6.45) is 0.310. The number of halogens is 1. The summed E-state index contributed by atoms with van der Waals surface area (Å²) in [5.74, 6) is 0.0436. The molecule has 0 saturated heterocycles. The van der Waals surface area contributed by atoms with E-state index in [-0.39, 0.29) is 11.9 Å². The quantitative estimate of drug-likeness (QED) is 0.900. The molecule has 0 aromatic heterocycles. The molecule has 4 heteroatoms. The van der Waals surface area contributed by atoms with Crippen LogP contribution in [0.1, 0.15) is 23.6 Å². The first-order valence-corrected chi connectivity index (χ1v) is 7.65. The van der Waals surface area contributed by atoms with Crippen molar-refractivity contribution in [3.63, 3.8) is 0 Å². The van der Waals surface area contributed by atoms with Gasteiger partial charge in [0.25, 0.3) is 0 Å². The fraction of sp³-hybridized carbons (Fsp3) is 0.235. The largest absolute Gasteiger partial charge is 0.341 e. The smallest absolute Gasteiger partial charge is 0.224 e. The van der Waals surface area contributed by atoms with Crippen molar-refractivity contribution < 1.29 is 4.79 Å². The van der Waals surface area contributed by atoms with Crippen molar-refractivity contribution >= 4 is 21.8 Å². The minimum Gasteiger partial charge on any atom is -0.341 e. The van der Waals surface area contributed by atoms with Gasteiger partial charge in [-0.05, 0) is 17.2 Å². The molecule has 0 aliphatic heterocycles. The van der Waals surface area contributed by atoms with Crippen molar-refractivity contribution in [1.82, 2.24) is 4.90 Å². The predicted molar refractivity (Wildman–Crippen MR) is 88.6 cm³/mol. The van der Waals surface area contributed by atoms with Gasteiger partial charge in [-0.15, -0.1) is 0 Å². The van der Waals surface area contributed by atoms with Crippen LogP contribution in [-0.4, -0.2) is 17.9 Å². The van der Waals surface area contributed by atoms with Gasteiger partial charge in [-0.2, -0.15) is 0 Å². The van der Waals surface area contributed by atoms with Crippen molar-refractivity contribution in [2.75, 3.05) is 7.05 Å². The minimum atomic E-state index is -0.264. The topological polar surface area (TPSA) is 46.3 Å². The Kier molecular flexibility index (Phi) is 5.53. The third kappa shape index (κ3) is 4.41. The molecule has 0 aliphatic rings. The molecule has 2 aromatic carbocycles. The highest BCUT2D eigenvalue weighted by molar-refractivity contribution is 9.10. The van der Waals surface area contributed by atoms with Gasteiger partial charge in [0.1, 0.15) is 0 Å². The van der Waals surface area contributed by atoms with E-state index in [1.165, 1.54) is 0 Å². The van der Waals surface area contributed by atoms with Crippen LogP contribution in [0.15, 0.2) is 59.1 Å². The Morgan fingerprint density at radius 1 is 1.14 bits per heavy atom. The van der Waals surface area contributed by atoms with Crippen LogP contribution in [0.5, 0.6) is 0 Å². The molecular formula is C17H19BrN2O. The summed E-state index contributed by atoms with van der Waals surface area (Å²) in [5.41, 5.74) is 8.17. The Morgan fingerprint density at radius 2 is 1.76 bits per heavy atom. The zero-order valence-corrected chi connectivity index (χ0v) is 13.6. The number of hydrogen-bond acceptors (Lipinski definition) is 2. The zero-order valence-electron chi connectivity index (χ0n) is 12.0. The second kappa shape index (κ2) is 7.38. The molecule has 0 spiro atoms. The Balaban J connectivity index is 1.95. The molecule has 1 unspecified atom stereocenters. The summed E-state index contributed by atoms with van der Waals surface area (Å²) in [6, 6.07) is 17.4. The predicted octanol–water partition coefficient (Wildman–Crippen LogP) is 3.50. The lowest BCUT2D eigenvalue weighted by Gasteiger charge is -2.20. The number of carbonyl (C=O) groups is 1. The second-order valence-corrected chi connectivity index (χ2v) is 5.92. The molecule has 2 rings (SSSR count). The Labute approximate surface area is 133 Å². The number of amides is 1. The number of benzene rings is 2. The average molecular weight is 347 g/mol. The van der Waals surface area contributed by atoms with E-state index in [1.807, 2.05) is 54.6 Å². The molecular weight excluding hydrogens is 328 g/mol. The molecule has 110 valence electrons. The van der Waals surface area contributed by atoms with Gasteiger partial charge in [0.2, 0.25) is 5.91 Å². The van der Waals surface area contributed by atoms with Crippen LogP contribution in [0.2, 0.25) is 0 Å². The molecule has 1 amide bonds. The standard InChI is InChI=1S/C17H19BrN2O/c1-20(12-14-9-5-6-10-15(14)18)17(21)11-16(19)13-7-3-2-4-8-13/h2-10,16H,11-12,19H2,1H3. The lowest BCUT2D eigenvalue weighted by molar-refractivity contribution is -0.130. The fourth-order valence-corrected chi connectivity index (χ4v) is 2.54. The van der Waals surface area contributed by atoms with E-state index >= 15 is 0 Å². The third-order valence-corrected chi connectivity index (χ3v) is 4.19. The van der Waals surface area contributed by atoms with Crippen LogP contribution in [0.25, 0.3) is 0 Å². The van der Waals surface area contributed by atoms with E-state index in [1.54, 1.807) is 11.9 Å². The van der Waals surface area contributed by atoms with E-state index in [0.717, 1.165) is 15.6 Å². The van der Waals surface area contributed by atoms with Gasteiger partial charge in [-0.1, -0.05) is 64.5 Å². The van der Waals surface area contributed by atoms with Gasteiger partial charge >= 0.3 is 0 Å². The summed E-state index contributed by atoms with van der Waals surface area (Å²) in [6.45, 7) is 0.571. The highest BCUT2D eigenvalue weighted by atomic mass is 79.9. The average Bonchev–Trinajstić information content (AvgIpc) is 2.50. The van der Waals surface area contributed by atoms with Gasteiger partial charge in [-0.25, -0.2) is 0 Å². The van der Waals surface area contributed by atoms with Crippen molar-refractivity contribution in [2.45, 2.75) is 19.0 Å². The fourth-order valence-electron chi connectivity index (χ4n) is 2.13. The van der Waals surface area contributed by atoms with E-state index in [2.05, 4.69) is 15.9 Å². The number of rotatable bonds is 5. The summed E-state index contributed by atoms with van der Waals surface area (Å²) < 4.78 is 1.01. The molecule has 2 aromatic rings. The van der Waals surface area contributed by atoms with Gasteiger partial charge in [-0.3, -0.25) is 4.79 Å². The van der Waals surface area contributed by atoms with E-state index in [0.29, 0.717) is 13.0 Å². The van der Waals surface area contributed by atoms with Crippen LogP contribution in [0, 0.1) is 0 Å². The van der Waals surface area contributed by atoms with Crippen molar-refractivity contribution in [2.24, 2.45) is 5.73 Å². The molecule has 1 atom stereocenters. The van der Waals surface area contributed by atoms with Crippen molar-refractivity contribution in [3.05, 3.63) is 70.2 Å². The Hall–Kier alpha value is -1.65. The highest BCUT2D eigenvalue weighted by Crippen LogP contribution is 2.19. The first-order chi connectivity index (χ1) is 10.1. The molecule has 21 heavy (non-hydrogen) atoms. The van der Waals surface area contributed by atoms with Crippen LogP contribution in [-0.2, 0) is 11.3 Å².